The number of carbonyl (C=O) groups excluding carboxylic acids is 4. The maximum Gasteiger partial charge on any atom is 0.255 e. The zero-order chi connectivity index (χ0) is 21.9. The molecule has 2 fully saturated rings. The predicted octanol–water partition coefficient (Wildman–Crippen LogP) is 1.92. The molecule has 0 aromatic heterocycles. The van der Waals surface area contributed by atoms with Gasteiger partial charge < -0.3 is 15.2 Å². The lowest BCUT2D eigenvalue weighted by molar-refractivity contribution is -0.255. The van der Waals surface area contributed by atoms with Gasteiger partial charge in [0.15, 0.2) is 0 Å². The number of anilines is 2. The number of allylic oxidation sites excluding steroid dienone is 2. The number of amides is 3. The minimum Gasteiger partial charge on any atom is -0.545 e. The molecule has 7 nitrogen and oxygen atoms in total. The highest BCUT2D eigenvalue weighted by atomic mass is 16.4. The summed E-state index contributed by atoms with van der Waals surface area (Å²) in [4.78, 5) is 50.9. The van der Waals surface area contributed by atoms with Crippen LogP contribution in [0.2, 0.25) is 0 Å². The molecule has 156 valence electrons. The predicted molar refractivity (Wildman–Crippen MR) is 110 cm³/mol. The van der Waals surface area contributed by atoms with E-state index in [9.17, 15) is 24.3 Å². The quantitative estimate of drug-likeness (QED) is 0.607. The summed E-state index contributed by atoms with van der Waals surface area (Å²) in [6, 6.07) is 10.8. The van der Waals surface area contributed by atoms with E-state index >= 15 is 0 Å². The summed E-state index contributed by atoms with van der Waals surface area (Å²) in [6.45, 7) is 1.59. The molecular weight excluding hydrogens is 396 g/mol. The third kappa shape index (κ3) is 2.88. The van der Waals surface area contributed by atoms with Crippen LogP contribution in [0.15, 0.2) is 54.6 Å². The third-order valence-electron chi connectivity index (χ3n) is 6.66. The lowest BCUT2D eigenvalue weighted by atomic mass is 9.85. The average Bonchev–Trinajstić information content (AvgIpc) is 3.43. The van der Waals surface area contributed by atoms with Gasteiger partial charge in [0.05, 0.1) is 23.5 Å². The lowest BCUT2D eigenvalue weighted by Crippen LogP contribution is -2.32. The first-order valence-corrected chi connectivity index (χ1v) is 10.2. The highest BCUT2D eigenvalue weighted by molar-refractivity contribution is 6.23. The van der Waals surface area contributed by atoms with Crippen LogP contribution in [-0.2, 0) is 9.59 Å². The SMILES string of the molecule is Cc1c(NC(=O)c2ccc(N3C(=O)[C@@H]4[C@@H](C3=O)[C@H]3C=C[C@@H]4C3)cc2)cccc1C(=O)[O-]. The number of carboxylic acid groups (broad SMARTS) is 1. The van der Waals surface area contributed by atoms with E-state index in [-0.39, 0.29) is 41.0 Å². The molecule has 0 unspecified atom stereocenters. The van der Waals surface area contributed by atoms with Crippen LogP contribution in [0.25, 0.3) is 0 Å². The minimum atomic E-state index is -1.31. The molecule has 3 aliphatic rings. The second kappa shape index (κ2) is 6.91. The van der Waals surface area contributed by atoms with Crippen molar-refractivity contribution in [3.8, 4) is 0 Å². The maximum absolute atomic E-state index is 12.9. The molecule has 0 radical (unpaired) electrons. The van der Waals surface area contributed by atoms with E-state index in [1.165, 1.54) is 17.0 Å². The topological polar surface area (TPSA) is 107 Å². The zero-order valence-corrected chi connectivity index (χ0v) is 16.7. The summed E-state index contributed by atoms with van der Waals surface area (Å²) >= 11 is 0. The van der Waals surface area contributed by atoms with Crippen LogP contribution in [0.5, 0.6) is 0 Å². The van der Waals surface area contributed by atoms with E-state index in [0.29, 0.717) is 22.5 Å². The molecular formula is C24H19N2O5-. The molecule has 1 heterocycles. The van der Waals surface area contributed by atoms with Crippen molar-refractivity contribution in [2.24, 2.45) is 23.7 Å². The van der Waals surface area contributed by atoms with Crippen molar-refractivity contribution in [2.75, 3.05) is 10.2 Å². The number of benzene rings is 2. The number of aromatic carboxylic acids is 1. The van der Waals surface area contributed by atoms with Crippen LogP contribution >= 0.6 is 0 Å². The summed E-state index contributed by atoms with van der Waals surface area (Å²) in [6.07, 6.45) is 4.97. The minimum absolute atomic E-state index is 0.00760. The monoisotopic (exact) mass is 415 g/mol. The van der Waals surface area contributed by atoms with Gasteiger partial charge in [-0.15, -0.1) is 0 Å². The van der Waals surface area contributed by atoms with Crippen molar-refractivity contribution in [3.05, 3.63) is 71.3 Å². The molecule has 7 heteroatoms. The van der Waals surface area contributed by atoms with Crippen LogP contribution in [0, 0.1) is 30.6 Å². The van der Waals surface area contributed by atoms with E-state index in [2.05, 4.69) is 5.32 Å². The Morgan fingerprint density at radius 2 is 1.58 bits per heavy atom. The standard InChI is InChI=1S/C24H20N2O5/c1-12-17(24(30)31)3-2-4-18(12)25-21(27)13-7-9-16(10-8-13)26-22(28)19-14-5-6-15(11-14)20(19)23(26)29/h2-10,14-15,19-20H,11H2,1H3,(H,25,27)(H,30,31)/p-1/t14-,15+,19-,20-/m0/s1. The molecule has 0 spiro atoms. The van der Waals surface area contributed by atoms with Gasteiger partial charge in [-0.05, 0) is 61.1 Å². The summed E-state index contributed by atoms with van der Waals surface area (Å²) in [5.74, 6) is -2.34. The van der Waals surface area contributed by atoms with Crippen LogP contribution in [0.4, 0.5) is 11.4 Å². The van der Waals surface area contributed by atoms with E-state index < -0.39 is 11.9 Å². The summed E-state index contributed by atoms with van der Waals surface area (Å²) in [5.41, 5.74) is 1.55. The fraction of sp³-hybridized carbons (Fsp3) is 0.250. The third-order valence-corrected chi connectivity index (χ3v) is 6.66. The van der Waals surface area contributed by atoms with Crippen molar-refractivity contribution >= 4 is 35.1 Å². The maximum atomic E-state index is 12.9. The molecule has 31 heavy (non-hydrogen) atoms. The van der Waals surface area contributed by atoms with Gasteiger partial charge in [-0.25, -0.2) is 0 Å². The van der Waals surface area contributed by atoms with Crippen molar-refractivity contribution in [2.45, 2.75) is 13.3 Å². The number of hydrogen-bond acceptors (Lipinski definition) is 5. The van der Waals surface area contributed by atoms with E-state index in [4.69, 9.17) is 0 Å². The Labute approximate surface area is 178 Å². The van der Waals surface area contributed by atoms with Crippen molar-refractivity contribution in [1.82, 2.24) is 0 Å². The van der Waals surface area contributed by atoms with Crippen LogP contribution < -0.4 is 15.3 Å². The molecule has 2 aliphatic carbocycles. The Kier molecular flexibility index (Phi) is 4.28. The van der Waals surface area contributed by atoms with Gasteiger partial charge in [-0.3, -0.25) is 19.3 Å². The molecule has 3 amide bonds. The molecule has 1 saturated carbocycles. The van der Waals surface area contributed by atoms with Gasteiger partial charge in [0, 0.05) is 16.8 Å². The Hall–Kier alpha value is -3.74. The molecule has 1 aliphatic heterocycles. The Balaban J connectivity index is 1.35. The molecule has 1 N–H and O–H groups in total. The number of rotatable bonds is 4. The molecule has 2 aromatic carbocycles. The number of carbonyl (C=O) groups is 4. The zero-order valence-electron chi connectivity index (χ0n) is 16.7. The lowest BCUT2D eigenvalue weighted by Gasteiger charge is -2.18. The molecule has 1 saturated heterocycles. The van der Waals surface area contributed by atoms with Gasteiger partial charge in [0.2, 0.25) is 11.8 Å². The van der Waals surface area contributed by atoms with E-state index in [0.717, 1.165) is 6.42 Å². The summed E-state index contributed by atoms with van der Waals surface area (Å²) < 4.78 is 0. The number of imide groups is 1. The Morgan fingerprint density at radius 3 is 2.16 bits per heavy atom. The average molecular weight is 415 g/mol. The van der Waals surface area contributed by atoms with Gasteiger partial charge in [0.25, 0.3) is 5.91 Å². The van der Waals surface area contributed by atoms with Crippen LogP contribution in [0.1, 0.15) is 32.7 Å². The first-order chi connectivity index (χ1) is 14.9. The van der Waals surface area contributed by atoms with Gasteiger partial charge in [-0.2, -0.15) is 0 Å². The van der Waals surface area contributed by atoms with Crippen LogP contribution in [-0.4, -0.2) is 23.7 Å². The normalized spacial score (nSPS) is 25.8. The summed E-state index contributed by atoms with van der Waals surface area (Å²) in [7, 11) is 0. The number of fused-ring (bicyclic) bond motifs is 5. The molecule has 2 aromatic rings. The number of nitrogens with zero attached hydrogens (tertiary/aromatic N) is 1. The van der Waals surface area contributed by atoms with Gasteiger partial charge >= 0.3 is 0 Å². The highest BCUT2D eigenvalue weighted by Crippen LogP contribution is 2.53. The van der Waals surface area contributed by atoms with E-state index in [1.54, 1.807) is 37.3 Å². The second-order valence-electron chi connectivity index (χ2n) is 8.28. The second-order valence-corrected chi connectivity index (χ2v) is 8.28. The van der Waals surface area contributed by atoms with Gasteiger partial charge in [0.1, 0.15) is 0 Å². The fourth-order valence-electron chi connectivity index (χ4n) is 5.11. The largest absolute Gasteiger partial charge is 0.545 e. The Bertz CT molecular complexity index is 1140. The number of carboxylic acids is 1. The van der Waals surface area contributed by atoms with E-state index in [1.807, 2.05) is 12.2 Å². The smallest absolute Gasteiger partial charge is 0.255 e. The van der Waals surface area contributed by atoms with Gasteiger partial charge in [-0.1, -0.05) is 24.3 Å². The molecule has 4 atom stereocenters. The molecule has 2 bridgehead atoms. The number of nitrogens with one attached hydrogen (secondary N) is 1. The fourth-order valence-corrected chi connectivity index (χ4v) is 5.11. The summed E-state index contributed by atoms with van der Waals surface area (Å²) in [5, 5.41) is 13.9. The highest BCUT2D eigenvalue weighted by Gasteiger charge is 2.59. The number of hydrogen-bond donors (Lipinski definition) is 1. The first-order valence-electron chi connectivity index (χ1n) is 10.2. The van der Waals surface area contributed by atoms with Crippen molar-refractivity contribution in [3.63, 3.8) is 0 Å². The van der Waals surface area contributed by atoms with Crippen molar-refractivity contribution in [1.29, 1.82) is 0 Å². The molecule has 5 rings (SSSR count). The Morgan fingerprint density at radius 1 is 0.968 bits per heavy atom. The van der Waals surface area contributed by atoms with Crippen molar-refractivity contribution < 1.29 is 24.3 Å². The van der Waals surface area contributed by atoms with Crippen LogP contribution in [0.3, 0.4) is 0 Å². The first kappa shape index (κ1) is 19.2.